The third-order valence-electron chi connectivity index (χ3n) is 5.95. The number of nitrogens with one attached hydrogen (secondary N) is 2. The van der Waals surface area contributed by atoms with Gasteiger partial charge in [-0.2, -0.15) is 0 Å². The SMILES string of the molecule is O=C(NC1CCC(O)CC1)NC1CCN(CC2CCCC2)CC1. The molecule has 2 aliphatic carbocycles. The van der Waals surface area contributed by atoms with Gasteiger partial charge in [-0.3, -0.25) is 0 Å². The monoisotopic (exact) mass is 323 g/mol. The third kappa shape index (κ3) is 5.35. The zero-order chi connectivity index (χ0) is 16.1. The molecule has 0 atom stereocenters. The van der Waals surface area contributed by atoms with Crippen molar-refractivity contribution < 1.29 is 9.90 Å². The summed E-state index contributed by atoms with van der Waals surface area (Å²) in [4.78, 5) is 14.7. The highest BCUT2D eigenvalue weighted by atomic mass is 16.3. The molecule has 2 saturated carbocycles. The molecule has 3 N–H and O–H groups in total. The van der Waals surface area contributed by atoms with E-state index in [1.165, 1.54) is 32.2 Å². The Balaban J connectivity index is 1.31. The molecule has 0 radical (unpaired) electrons. The van der Waals surface area contributed by atoms with Crippen LogP contribution in [0.4, 0.5) is 4.79 Å². The van der Waals surface area contributed by atoms with Crippen molar-refractivity contribution >= 4 is 6.03 Å². The maximum absolute atomic E-state index is 12.1. The van der Waals surface area contributed by atoms with Gasteiger partial charge in [0.1, 0.15) is 0 Å². The van der Waals surface area contributed by atoms with Crippen LogP contribution in [0.3, 0.4) is 0 Å². The molecule has 0 spiro atoms. The van der Waals surface area contributed by atoms with Gasteiger partial charge >= 0.3 is 6.03 Å². The van der Waals surface area contributed by atoms with E-state index in [1.54, 1.807) is 0 Å². The van der Waals surface area contributed by atoms with Crippen LogP contribution in [0, 0.1) is 5.92 Å². The van der Waals surface area contributed by atoms with Crippen molar-refractivity contribution in [2.75, 3.05) is 19.6 Å². The molecule has 1 heterocycles. The zero-order valence-electron chi connectivity index (χ0n) is 14.3. The lowest BCUT2D eigenvalue weighted by Gasteiger charge is -2.34. The fourth-order valence-corrected chi connectivity index (χ4v) is 4.45. The van der Waals surface area contributed by atoms with E-state index in [-0.39, 0.29) is 18.2 Å². The van der Waals surface area contributed by atoms with Crippen molar-refractivity contribution in [3.8, 4) is 0 Å². The summed E-state index contributed by atoms with van der Waals surface area (Å²) in [5, 5.41) is 15.8. The Kier molecular flexibility index (Phi) is 6.17. The fraction of sp³-hybridized carbons (Fsp3) is 0.944. The first-order chi connectivity index (χ1) is 11.2. The molecule has 3 fully saturated rings. The lowest BCUT2D eigenvalue weighted by Crippen LogP contribution is -2.51. The molecule has 0 aromatic heterocycles. The summed E-state index contributed by atoms with van der Waals surface area (Å²) in [5.41, 5.74) is 0. The predicted molar refractivity (Wildman–Crippen MR) is 91.4 cm³/mol. The van der Waals surface area contributed by atoms with Gasteiger partial charge in [-0.1, -0.05) is 12.8 Å². The summed E-state index contributed by atoms with van der Waals surface area (Å²) in [6.07, 6.45) is 11.1. The minimum absolute atomic E-state index is 0.0133. The summed E-state index contributed by atoms with van der Waals surface area (Å²) in [5.74, 6) is 0.921. The van der Waals surface area contributed by atoms with E-state index in [1.807, 2.05) is 0 Å². The number of carbonyl (C=O) groups is 1. The first-order valence-corrected chi connectivity index (χ1v) is 9.66. The minimum atomic E-state index is -0.166. The van der Waals surface area contributed by atoms with E-state index in [0.29, 0.717) is 6.04 Å². The van der Waals surface area contributed by atoms with E-state index in [2.05, 4.69) is 15.5 Å². The van der Waals surface area contributed by atoms with Gasteiger partial charge in [-0.25, -0.2) is 4.79 Å². The van der Waals surface area contributed by atoms with Crippen molar-refractivity contribution in [1.82, 2.24) is 15.5 Å². The normalized spacial score (nSPS) is 31.2. The standard InChI is InChI=1S/C18H33N3O2/c22-17-7-5-15(6-8-17)19-18(23)20-16-9-11-21(12-10-16)13-14-3-1-2-4-14/h14-17,22H,1-13H2,(H2,19,20,23). The largest absolute Gasteiger partial charge is 0.393 e. The molecule has 0 aromatic carbocycles. The topological polar surface area (TPSA) is 64.6 Å². The molecule has 0 aromatic rings. The maximum Gasteiger partial charge on any atom is 0.315 e. The maximum atomic E-state index is 12.1. The van der Waals surface area contributed by atoms with E-state index in [0.717, 1.165) is 57.5 Å². The molecule has 1 aliphatic heterocycles. The molecule has 0 unspecified atom stereocenters. The molecule has 2 amide bonds. The van der Waals surface area contributed by atoms with Gasteiger partial charge < -0.3 is 20.6 Å². The van der Waals surface area contributed by atoms with Crippen molar-refractivity contribution in [1.29, 1.82) is 0 Å². The van der Waals surface area contributed by atoms with Gasteiger partial charge in [-0.05, 0) is 57.3 Å². The first kappa shape index (κ1) is 17.0. The smallest absolute Gasteiger partial charge is 0.315 e. The van der Waals surface area contributed by atoms with Crippen LogP contribution in [-0.4, -0.2) is 53.9 Å². The number of aliphatic hydroxyl groups excluding tert-OH is 1. The van der Waals surface area contributed by atoms with Crippen molar-refractivity contribution in [3.63, 3.8) is 0 Å². The average Bonchev–Trinajstić information content (AvgIpc) is 3.04. The Hall–Kier alpha value is -0.810. The molecular weight excluding hydrogens is 290 g/mol. The van der Waals surface area contributed by atoms with Gasteiger partial charge in [0.2, 0.25) is 0 Å². The summed E-state index contributed by atoms with van der Waals surface area (Å²) in [6, 6.07) is 0.547. The predicted octanol–water partition coefficient (Wildman–Crippen LogP) is 2.24. The summed E-state index contributed by atoms with van der Waals surface area (Å²) in [7, 11) is 0. The van der Waals surface area contributed by atoms with Crippen LogP contribution in [0.2, 0.25) is 0 Å². The van der Waals surface area contributed by atoms with Crippen LogP contribution in [0.15, 0.2) is 0 Å². The van der Waals surface area contributed by atoms with Crippen molar-refractivity contribution in [2.45, 2.75) is 82.4 Å². The van der Waals surface area contributed by atoms with Crippen molar-refractivity contribution in [2.24, 2.45) is 5.92 Å². The summed E-state index contributed by atoms with van der Waals surface area (Å²) >= 11 is 0. The van der Waals surface area contributed by atoms with E-state index in [4.69, 9.17) is 0 Å². The van der Waals surface area contributed by atoms with Crippen LogP contribution < -0.4 is 10.6 Å². The van der Waals surface area contributed by atoms with Gasteiger partial charge in [-0.15, -0.1) is 0 Å². The molecule has 3 rings (SSSR count). The van der Waals surface area contributed by atoms with Crippen molar-refractivity contribution in [3.05, 3.63) is 0 Å². The lowest BCUT2D eigenvalue weighted by atomic mass is 9.93. The second-order valence-corrected chi connectivity index (χ2v) is 7.85. The van der Waals surface area contributed by atoms with Crippen LogP contribution in [-0.2, 0) is 0 Å². The van der Waals surface area contributed by atoms with E-state index >= 15 is 0 Å². The number of likely N-dealkylation sites (tertiary alicyclic amines) is 1. The molecule has 0 bridgehead atoms. The Labute approximate surface area is 140 Å². The minimum Gasteiger partial charge on any atom is -0.393 e. The van der Waals surface area contributed by atoms with Crippen LogP contribution >= 0.6 is 0 Å². The Morgan fingerprint density at radius 1 is 0.870 bits per heavy atom. The Bertz CT molecular complexity index is 368. The van der Waals surface area contributed by atoms with Gasteiger partial charge in [0.15, 0.2) is 0 Å². The molecule has 5 heteroatoms. The summed E-state index contributed by atoms with van der Waals surface area (Å²) < 4.78 is 0. The number of hydrogen-bond donors (Lipinski definition) is 3. The second kappa shape index (κ2) is 8.34. The second-order valence-electron chi connectivity index (χ2n) is 7.85. The molecular formula is C18H33N3O2. The molecule has 23 heavy (non-hydrogen) atoms. The highest BCUT2D eigenvalue weighted by molar-refractivity contribution is 5.74. The van der Waals surface area contributed by atoms with Gasteiger partial charge in [0, 0.05) is 31.7 Å². The number of aliphatic hydroxyl groups is 1. The first-order valence-electron chi connectivity index (χ1n) is 9.66. The molecule has 3 aliphatic rings. The Morgan fingerprint density at radius 2 is 1.43 bits per heavy atom. The fourth-order valence-electron chi connectivity index (χ4n) is 4.45. The van der Waals surface area contributed by atoms with E-state index < -0.39 is 0 Å². The van der Waals surface area contributed by atoms with Crippen LogP contribution in [0.25, 0.3) is 0 Å². The lowest BCUT2D eigenvalue weighted by molar-refractivity contribution is 0.117. The highest BCUT2D eigenvalue weighted by Crippen LogP contribution is 2.26. The Morgan fingerprint density at radius 3 is 2.04 bits per heavy atom. The number of rotatable bonds is 4. The number of nitrogens with zero attached hydrogens (tertiary/aromatic N) is 1. The number of carbonyl (C=O) groups excluding carboxylic acids is 1. The number of urea groups is 1. The van der Waals surface area contributed by atoms with Crippen LogP contribution in [0.5, 0.6) is 0 Å². The van der Waals surface area contributed by atoms with Gasteiger partial charge in [0.25, 0.3) is 0 Å². The van der Waals surface area contributed by atoms with Crippen LogP contribution in [0.1, 0.15) is 64.2 Å². The summed E-state index contributed by atoms with van der Waals surface area (Å²) in [6.45, 7) is 3.51. The zero-order valence-corrected chi connectivity index (χ0v) is 14.3. The average molecular weight is 323 g/mol. The molecule has 5 nitrogen and oxygen atoms in total. The third-order valence-corrected chi connectivity index (χ3v) is 5.95. The number of hydrogen-bond acceptors (Lipinski definition) is 3. The molecule has 132 valence electrons. The van der Waals surface area contributed by atoms with E-state index in [9.17, 15) is 9.90 Å². The molecule has 1 saturated heterocycles. The number of piperidine rings is 1. The quantitative estimate of drug-likeness (QED) is 0.743. The van der Waals surface area contributed by atoms with Gasteiger partial charge in [0.05, 0.1) is 6.10 Å². The number of amides is 2. The highest BCUT2D eigenvalue weighted by Gasteiger charge is 2.25.